The quantitative estimate of drug-likeness (QED) is 0.862. The molecular weight excluding hydrogens is 348 g/mol. The van der Waals surface area contributed by atoms with Crippen molar-refractivity contribution in [2.24, 2.45) is 0 Å². The third-order valence-corrected chi connectivity index (χ3v) is 5.18. The second-order valence-corrected chi connectivity index (χ2v) is 6.79. The van der Waals surface area contributed by atoms with Gasteiger partial charge in [-0.05, 0) is 24.1 Å². The van der Waals surface area contributed by atoms with Gasteiger partial charge in [0.15, 0.2) is 0 Å². The lowest BCUT2D eigenvalue weighted by molar-refractivity contribution is -0.127. The van der Waals surface area contributed by atoms with Crippen molar-refractivity contribution in [2.45, 2.75) is 37.8 Å². The number of hydrogen-bond donors (Lipinski definition) is 1. The third kappa shape index (κ3) is 2.26. The van der Waals surface area contributed by atoms with Crippen molar-refractivity contribution in [3.8, 4) is 0 Å². The van der Waals surface area contributed by atoms with Crippen LogP contribution in [-0.4, -0.2) is 43.6 Å². The van der Waals surface area contributed by atoms with E-state index in [4.69, 9.17) is 4.74 Å². The van der Waals surface area contributed by atoms with Crippen LogP contribution in [0.3, 0.4) is 0 Å². The highest BCUT2D eigenvalue weighted by Crippen LogP contribution is 2.51. The molecule has 1 aromatic carbocycles. The van der Waals surface area contributed by atoms with Gasteiger partial charge in [-0.3, -0.25) is 14.5 Å². The summed E-state index contributed by atoms with van der Waals surface area (Å²) in [4.78, 5) is 37.8. The van der Waals surface area contributed by atoms with E-state index in [0.717, 1.165) is 0 Å². The number of halogens is 2. The summed E-state index contributed by atoms with van der Waals surface area (Å²) in [6.07, 6.45) is -1.94. The van der Waals surface area contributed by atoms with Gasteiger partial charge >= 0.3 is 6.09 Å². The van der Waals surface area contributed by atoms with Crippen LogP contribution in [0.15, 0.2) is 12.1 Å². The molecule has 1 saturated heterocycles. The number of amides is 3. The van der Waals surface area contributed by atoms with Gasteiger partial charge in [0.1, 0.15) is 6.10 Å². The van der Waals surface area contributed by atoms with E-state index in [0.29, 0.717) is 11.3 Å². The van der Waals surface area contributed by atoms with Gasteiger partial charge in [-0.15, -0.1) is 0 Å². The van der Waals surface area contributed by atoms with E-state index in [2.05, 4.69) is 5.32 Å². The number of carbonyl (C=O) groups excluding carboxylic acids is 3. The van der Waals surface area contributed by atoms with Crippen molar-refractivity contribution in [2.75, 3.05) is 23.4 Å². The summed E-state index contributed by atoms with van der Waals surface area (Å²) in [5.74, 6) is -4.20. The van der Waals surface area contributed by atoms with Gasteiger partial charge in [0.05, 0.1) is 35.9 Å². The van der Waals surface area contributed by atoms with Gasteiger partial charge in [0.2, 0.25) is 11.8 Å². The van der Waals surface area contributed by atoms with Gasteiger partial charge in [-0.2, -0.15) is 0 Å². The van der Waals surface area contributed by atoms with Crippen molar-refractivity contribution in [3.05, 3.63) is 23.3 Å². The average Bonchev–Trinajstić information content (AvgIpc) is 3.07. The van der Waals surface area contributed by atoms with Crippen molar-refractivity contribution in [1.82, 2.24) is 5.32 Å². The summed E-state index contributed by atoms with van der Waals surface area (Å²) >= 11 is 0. The molecule has 1 fully saturated rings. The molecule has 0 aliphatic carbocycles. The highest BCUT2D eigenvalue weighted by atomic mass is 19.3. The first-order chi connectivity index (χ1) is 12.2. The lowest BCUT2D eigenvalue weighted by Crippen LogP contribution is -2.40. The Morgan fingerprint density at radius 1 is 1.35 bits per heavy atom. The molecule has 26 heavy (non-hydrogen) atoms. The van der Waals surface area contributed by atoms with E-state index < -0.39 is 36.5 Å². The Morgan fingerprint density at radius 3 is 2.73 bits per heavy atom. The number of carbonyl (C=O) groups is 3. The minimum absolute atomic E-state index is 0.118. The number of cyclic esters (lactones) is 1. The molecule has 0 spiro atoms. The molecule has 0 aromatic heterocycles. The van der Waals surface area contributed by atoms with Crippen molar-refractivity contribution in [3.63, 3.8) is 0 Å². The number of fused-ring (bicyclic) bond motifs is 5. The average molecular weight is 365 g/mol. The van der Waals surface area contributed by atoms with Gasteiger partial charge < -0.3 is 15.0 Å². The molecular formula is C17H17F2N3O4. The SMILES string of the molecule is CC(=O)NCC1OC(=O)N2c3ccc4c(c3C[C@@H]12)C(F)(F)CC(=O)N4C. The lowest BCUT2D eigenvalue weighted by atomic mass is 9.90. The first-order valence-corrected chi connectivity index (χ1v) is 8.25. The normalized spacial score (nSPS) is 25.5. The van der Waals surface area contributed by atoms with E-state index in [9.17, 15) is 23.2 Å². The van der Waals surface area contributed by atoms with Gasteiger partial charge in [0, 0.05) is 14.0 Å². The van der Waals surface area contributed by atoms with Gasteiger partial charge in [0.25, 0.3) is 5.92 Å². The lowest BCUT2D eigenvalue weighted by Gasteiger charge is -2.33. The van der Waals surface area contributed by atoms with Crippen LogP contribution in [0.1, 0.15) is 24.5 Å². The zero-order chi connectivity index (χ0) is 18.8. The fourth-order valence-corrected chi connectivity index (χ4v) is 3.97. The van der Waals surface area contributed by atoms with Crippen LogP contribution in [0.25, 0.3) is 0 Å². The third-order valence-electron chi connectivity index (χ3n) is 5.18. The predicted molar refractivity (Wildman–Crippen MR) is 87.3 cm³/mol. The highest BCUT2D eigenvalue weighted by Gasteiger charge is 2.52. The standard InChI is InChI=1S/C17H17F2N3O4/c1-8(23)20-7-13-12-5-9-10(22(12)16(25)26-13)3-4-11-15(9)17(18,19)6-14(24)21(11)2/h3-4,12-13H,5-7H2,1-2H3,(H,20,23)/t12-,13?/m0/s1. The van der Waals surface area contributed by atoms with Crippen LogP contribution in [0.2, 0.25) is 0 Å². The monoisotopic (exact) mass is 365 g/mol. The van der Waals surface area contributed by atoms with Crippen LogP contribution in [-0.2, 0) is 26.7 Å². The maximum Gasteiger partial charge on any atom is 0.415 e. The van der Waals surface area contributed by atoms with Crippen molar-refractivity contribution >= 4 is 29.3 Å². The second kappa shape index (κ2) is 5.39. The van der Waals surface area contributed by atoms with Crippen molar-refractivity contribution < 1.29 is 27.9 Å². The van der Waals surface area contributed by atoms with E-state index in [1.807, 2.05) is 0 Å². The summed E-state index contributed by atoms with van der Waals surface area (Å²) in [6, 6.07) is 2.55. The largest absolute Gasteiger partial charge is 0.442 e. The Hall–Kier alpha value is -2.71. The van der Waals surface area contributed by atoms with Gasteiger partial charge in [-0.25, -0.2) is 13.6 Å². The fraction of sp³-hybridized carbons (Fsp3) is 0.471. The molecule has 3 aliphatic heterocycles. The summed E-state index contributed by atoms with van der Waals surface area (Å²) < 4.78 is 34.6. The summed E-state index contributed by atoms with van der Waals surface area (Å²) in [5.41, 5.74) is 0.711. The number of hydrogen-bond acceptors (Lipinski definition) is 4. The Labute approximate surface area is 147 Å². The molecule has 3 amide bonds. The number of ether oxygens (including phenoxy) is 1. The van der Waals surface area contributed by atoms with Crippen LogP contribution >= 0.6 is 0 Å². The molecule has 1 aromatic rings. The molecule has 0 bridgehead atoms. The first kappa shape index (κ1) is 16.7. The van der Waals surface area contributed by atoms with Gasteiger partial charge in [-0.1, -0.05) is 0 Å². The number of anilines is 2. The molecule has 1 unspecified atom stereocenters. The van der Waals surface area contributed by atoms with Crippen LogP contribution in [0.5, 0.6) is 0 Å². The van der Waals surface area contributed by atoms with Crippen molar-refractivity contribution in [1.29, 1.82) is 0 Å². The Morgan fingerprint density at radius 2 is 2.04 bits per heavy atom. The number of nitrogens with zero attached hydrogens (tertiary/aromatic N) is 2. The van der Waals surface area contributed by atoms with E-state index in [1.165, 1.54) is 29.8 Å². The zero-order valence-corrected chi connectivity index (χ0v) is 14.2. The van der Waals surface area contributed by atoms with E-state index in [-0.39, 0.29) is 30.1 Å². The maximum absolute atomic E-state index is 14.7. The highest BCUT2D eigenvalue weighted by molar-refractivity contribution is 6.00. The molecule has 0 radical (unpaired) electrons. The zero-order valence-electron chi connectivity index (χ0n) is 14.2. The van der Waals surface area contributed by atoms with Crippen LogP contribution in [0.4, 0.5) is 25.0 Å². The fourth-order valence-electron chi connectivity index (χ4n) is 3.97. The molecule has 3 aliphatic rings. The molecule has 1 N–H and O–H groups in total. The molecule has 4 rings (SSSR count). The Bertz CT molecular complexity index is 842. The summed E-state index contributed by atoms with van der Waals surface area (Å²) in [7, 11) is 1.46. The summed E-state index contributed by atoms with van der Waals surface area (Å²) in [6.45, 7) is 1.47. The Balaban J connectivity index is 1.76. The topological polar surface area (TPSA) is 79.0 Å². The minimum Gasteiger partial charge on any atom is -0.442 e. The van der Waals surface area contributed by atoms with E-state index in [1.54, 1.807) is 6.07 Å². The molecule has 2 atom stereocenters. The number of benzene rings is 1. The minimum atomic E-state index is -3.29. The molecule has 7 nitrogen and oxygen atoms in total. The predicted octanol–water partition coefficient (Wildman–Crippen LogP) is 1.53. The van der Waals surface area contributed by atoms with E-state index >= 15 is 0 Å². The smallest absolute Gasteiger partial charge is 0.415 e. The van der Waals surface area contributed by atoms with Crippen LogP contribution < -0.4 is 15.1 Å². The maximum atomic E-state index is 14.7. The number of alkyl halides is 2. The number of rotatable bonds is 2. The number of nitrogens with one attached hydrogen (secondary N) is 1. The van der Waals surface area contributed by atoms with Crippen LogP contribution in [0, 0.1) is 0 Å². The molecule has 3 heterocycles. The molecule has 9 heteroatoms. The molecule has 0 saturated carbocycles. The molecule has 138 valence electrons. The Kier molecular flexibility index (Phi) is 3.47. The first-order valence-electron chi connectivity index (χ1n) is 8.25. The summed E-state index contributed by atoms with van der Waals surface area (Å²) in [5, 5.41) is 2.59. The second-order valence-electron chi connectivity index (χ2n) is 6.79.